The van der Waals surface area contributed by atoms with Crippen LogP contribution in [0.1, 0.15) is 29.5 Å². The highest BCUT2D eigenvalue weighted by Gasteiger charge is 2.32. The second-order valence-electron chi connectivity index (χ2n) is 5.28. The van der Waals surface area contributed by atoms with Gasteiger partial charge in [-0.05, 0) is 58.0 Å². The SMILES string of the molecule is Cc1ccc(C2(N)CCN(C)CC2)c(C)c1. The summed E-state index contributed by atoms with van der Waals surface area (Å²) >= 11 is 0. The van der Waals surface area contributed by atoms with Gasteiger partial charge in [0.05, 0.1) is 0 Å². The van der Waals surface area contributed by atoms with Gasteiger partial charge in [-0.1, -0.05) is 23.8 Å². The van der Waals surface area contributed by atoms with Gasteiger partial charge in [-0.15, -0.1) is 0 Å². The molecule has 1 aromatic rings. The molecule has 0 amide bonds. The average molecular weight is 218 g/mol. The smallest absolute Gasteiger partial charge is 0.0436 e. The lowest BCUT2D eigenvalue weighted by Crippen LogP contribution is -2.47. The van der Waals surface area contributed by atoms with Crippen LogP contribution in [-0.4, -0.2) is 25.0 Å². The third kappa shape index (κ3) is 2.13. The van der Waals surface area contributed by atoms with Crippen LogP contribution in [0.5, 0.6) is 0 Å². The summed E-state index contributed by atoms with van der Waals surface area (Å²) in [5, 5.41) is 0. The van der Waals surface area contributed by atoms with E-state index in [9.17, 15) is 0 Å². The molecular weight excluding hydrogens is 196 g/mol. The lowest BCUT2D eigenvalue weighted by molar-refractivity contribution is 0.191. The number of nitrogens with zero attached hydrogens (tertiary/aromatic N) is 1. The van der Waals surface area contributed by atoms with Crippen LogP contribution < -0.4 is 5.73 Å². The Labute approximate surface area is 98.4 Å². The van der Waals surface area contributed by atoms with Crippen LogP contribution in [0.2, 0.25) is 0 Å². The third-order valence-electron chi connectivity index (χ3n) is 3.80. The lowest BCUT2D eigenvalue weighted by Gasteiger charge is -2.39. The van der Waals surface area contributed by atoms with E-state index in [4.69, 9.17) is 5.73 Å². The van der Waals surface area contributed by atoms with Crippen molar-refractivity contribution in [3.8, 4) is 0 Å². The third-order valence-corrected chi connectivity index (χ3v) is 3.80. The summed E-state index contributed by atoms with van der Waals surface area (Å²) in [7, 11) is 2.17. The standard InChI is InChI=1S/C14H22N2/c1-11-4-5-13(12(2)10-11)14(15)6-8-16(3)9-7-14/h4-5,10H,6-9,15H2,1-3H3. The monoisotopic (exact) mass is 218 g/mol. The number of benzene rings is 1. The fourth-order valence-electron chi connectivity index (χ4n) is 2.66. The highest BCUT2D eigenvalue weighted by molar-refractivity contribution is 5.36. The van der Waals surface area contributed by atoms with E-state index < -0.39 is 0 Å². The van der Waals surface area contributed by atoms with Crippen LogP contribution in [0.25, 0.3) is 0 Å². The van der Waals surface area contributed by atoms with Crippen LogP contribution in [0.4, 0.5) is 0 Å². The Morgan fingerprint density at radius 3 is 2.38 bits per heavy atom. The minimum Gasteiger partial charge on any atom is -0.321 e. The Morgan fingerprint density at radius 1 is 1.19 bits per heavy atom. The zero-order valence-electron chi connectivity index (χ0n) is 10.6. The van der Waals surface area contributed by atoms with Crippen molar-refractivity contribution in [1.29, 1.82) is 0 Å². The molecule has 88 valence electrons. The molecule has 0 bridgehead atoms. The minimum atomic E-state index is -0.107. The van der Waals surface area contributed by atoms with Gasteiger partial charge in [-0.3, -0.25) is 0 Å². The van der Waals surface area contributed by atoms with Crippen LogP contribution in [-0.2, 0) is 5.54 Å². The predicted octanol–water partition coefficient (Wildman–Crippen LogP) is 2.18. The summed E-state index contributed by atoms with van der Waals surface area (Å²) in [6, 6.07) is 6.63. The Morgan fingerprint density at radius 2 is 1.81 bits per heavy atom. The fourth-order valence-corrected chi connectivity index (χ4v) is 2.66. The predicted molar refractivity (Wildman–Crippen MR) is 68.5 cm³/mol. The largest absolute Gasteiger partial charge is 0.321 e. The molecule has 1 aromatic carbocycles. The van der Waals surface area contributed by atoms with E-state index in [1.807, 2.05) is 0 Å². The molecule has 0 aromatic heterocycles. The minimum absolute atomic E-state index is 0.107. The summed E-state index contributed by atoms with van der Waals surface area (Å²) < 4.78 is 0. The van der Waals surface area contributed by atoms with Crippen molar-refractivity contribution in [3.63, 3.8) is 0 Å². The summed E-state index contributed by atoms with van der Waals surface area (Å²) in [5.41, 5.74) is 10.5. The molecule has 0 aliphatic carbocycles. The normalized spacial score (nSPS) is 21.0. The van der Waals surface area contributed by atoms with Gasteiger partial charge in [0, 0.05) is 5.54 Å². The van der Waals surface area contributed by atoms with E-state index in [1.54, 1.807) is 0 Å². The van der Waals surface area contributed by atoms with Gasteiger partial charge in [0.1, 0.15) is 0 Å². The number of aryl methyl sites for hydroxylation is 2. The molecule has 1 heterocycles. The summed E-state index contributed by atoms with van der Waals surface area (Å²) in [4.78, 5) is 2.36. The first kappa shape index (κ1) is 11.6. The summed E-state index contributed by atoms with van der Waals surface area (Å²) in [6.07, 6.45) is 2.13. The molecule has 1 aliphatic rings. The van der Waals surface area contributed by atoms with Crippen LogP contribution in [0, 0.1) is 13.8 Å². The van der Waals surface area contributed by atoms with Gasteiger partial charge in [0.25, 0.3) is 0 Å². The van der Waals surface area contributed by atoms with E-state index >= 15 is 0 Å². The summed E-state index contributed by atoms with van der Waals surface area (Å²) in [5.74, 6) is 0. The first-order valence-electron chi connectivity index (χ1n) is 6.06. The molecule has 2 rings (SSSR count). The zero-order chi connectivity index (χ0) is 11.8. The van der Waals surface area contributed by atoms with Crippen molar-refractivity contribution >= 4 is 0 Å². The van der Waals surface area contributed by atoms with Crippen molar-refractivity contribution in [3.05, 3.63) is 34.9 Å². The van der Waals surface area contributed by atoms with Crippen molar-refractivity contribution in [2.45, 2.75) is 32.2 Å². The molecule has 2 nitrogen and oxygen atoms in total. The first-order chi connectivity index (χ1) is 7.51. The first-order valence-corrected chi connectivity index (χ1v) is 6.06. The molecule has 2 heteroatoms. The number of hydrogen-bond donors (Lipinski definition) is 1. The molecule has 1 aliphatic heterocycles. The Kier molecular flexibility index (Phi) is 3.04. The van der Waals surface area contributed by atoms with Crippen molar-refractivity contribution < 1.29 is 0 Å². The van der Waals surface area contributed by atoms with Crippen LogP contribution >= 0.6 is 0 Å². The Bertz CT molecular complexity index is 376. The highest BCUT2D eigenvalue weighted by Crippen LogP contribution is 2.32. The topological polar surface area (TPSA) is 29.3 Å². The zero-order valence-corrected chi connectivity index (χ0v) is 10.6. The molecule has 0 spiro atoms. The maximum absolute atomic E-state index is 6.57. The lowest BCUT2D eigenvalue weighted by atomic mass is 9.79. The molecule has 0 radical (unpaired) electrons. The van der Waals surface area contributed by atoms with E-state index in [-0.39, 0.29) is 5.54 Å². The average Bonchev–Trinajstić information content (AvgIpc) is 2.22. The number of rotatable bonds is 1. The quantitative estimate of drug-likeness (QED) is 0.783. The molecule has 0 saturated carbocycles. The Balaban J connectivity index is 2.29. The maximum Gasteiger partial charge on any atom is 0.0436 e. The number of nitrogens with two attached hydrogens (primary N) is 1. The second kappa shape index (κ2) is 4.19. The summed E-state index contributed by atoms with van der Waals surface area (Å²) in [6.45, 7) is 6.51. The number of likely N-dealkylation sites (tertiary alicyclic amines) is 1. The van der Waals surface area contributed by atoms with Gasteiger partial charge in [-0.25, -0.2) is 0 Å². The number of piperidine rings is 1. The van der Waals surface area contributed by atoms with Crippen LogP contribution in [0.15, 0.2) is 18.2 Å². The molecule has 0 atom stereocenters. The Hall–Kier alpha value is -0.860. The van der Waals surface area contributed by atoms with E-state index in [1.165, 1.54) is 16.7 Å². The van der Waals surface area contributed by atoms with Gasteiger partial charge < -0.3 is 10.6 Å². The second-order valence-corrected chi connectivity index (χ2v) is 5.28. The number of hydrogen-bond acceptors (Lipinski definition) is 2. The van der Waals surface area contributed by atoms with Gasteiger partial charge in [0.15, 0.2) is 0 Å². The van der Waals surface area contributed by atoms with E-state index in [0.717, 1.165) is 25.9 Å². The fraction of sp³-hybridized carbons (Fsp3) is 0.571. The van der Waals surface area contributed by atoms with Gasteiger partial charge in [0.2, 0.25) is 0 Å². The molecule has 1 fully saturated rings. The maximum atomic E-state index is 6.57. The van der Waals surface area contributed by atoms with Crippen molar-refractivity contribution in [2.75, 3.05) is 20.1 Å². The van der Waals surface area contributed by atoms with E-state index in [0.29, 0.717) is 0 Å². The van der Waals surface area contributed by atoms with Crippen molar-refractivity contribution in [1.82, 2.24) is 4.90 Å². The molecule has 16 heavy (non-hydrogen) atoms. The van der Waals surface area contributed by atoms with Crippen molar-refractivity contribution in [2.24, 2.45) is 5.73 Å². The molecule has 2 N–H and O–H groups in total. The van der Waals surface area contributed by atoms with Gasteiger partial charge >= 0.3 is 0 Å². The van der Waals surface area contributed by atoms with Crippen LogP contribution in [0.3, 0.4) is 0 Å². The molecular formula is C14H22N2. The van der Waals surface area contributed by atoms with Gasteiger partial charge in [-0.2, -0.15) is 0 Å². The highest BCUT2D eigenvalue weighted by atomic mass is 15.1. The molecule has 1 saturated heterocycles. The van der Waals surface area contributed by atoms with E-state index in [2.05, 4.69) is 44.0 Å². The molecule has 0 unspecified atom stereocenters.